The van der Waals surface area contributed by atoms with Gasteiger partial charge < -0.3 is 26.2 Å². The van der Waals surface area contributed by atoms with Crippen LogP contribution in [-0.4, -0.2) is 85.7 Å². The first-order valence-corrected chi connectivity index (χ1v) is 21.9. The van der Waals surface area contributed by atoms with Crippen LogP contribution in [0.5, 0.6) is 0 Å². The summed E-state index contributed by atoms with van der Waals surface area (Å²) in [6, 6.07) is 0.289. The molecule has 288 valence electrons. The van der Waals surface area contributed by atoms with Crippen molar-refractivity contribution in [3.05, 3.63) is 0 Å². The van der Waals surface area contributed by atoms with E-state index in [4.69, 9.17) is 0 Å². The van der Waals surface area contributed by atoms with E-state index < -0.39 is 0 Å². The molecule has 1 heterocycles. The van der Waals surface area contributed by atoms with Gasteiger partial charge in [0.15, 0.2) is 0 Å². The molecule has 6 nitrogen and oxygen atoms in total. The average Bonchev–Trinajstić information content (AvgIpc) is 3.08. The zero-order valence-corrected chi connectivity index (χ0v) is 32.7. The Morgan fingerprint density at radius 2 is 0.875 bits per heavy atom. The van der Waals surface area contributed by atoms with Crippen molar-refractivity contribution in [1.82, 2.24) is 20.9 Å². The van der Waals surface area contributed by atoms with Crippen LogP contribution in [0.15, 0.2) is 0 Å². The molecular formula is C42H88N4O2. The molecule has 5 N–H and O–H groups in total. The van der Waals surface area contributed by atoms with E-state index in [-0.39, 0.29) is 18.2 Å². The molecule has 1 saturated heterocycles. The minimum Gasteiger partial charge on any atom is -0.392 e. The zero-order valence-electron chi connectivity index (χ0n) is 32.7. The summed E-state index contributed by atoms with van der Waals surface area (Å²) in [4.78, 5) is 2.39. The van der Waals surface area contributed by atoms with Gasteiger partial charge in [0.05, 0.1) is 12.2 Å². The second kappa shape index (κ2) is 36.5. The van der Waals surface area contributed by atoms with Gasteiger partial charge in [-0.1, -0.05) is 181 Å². The van der Waals surface area contributed by atoms with E-state index in [2.05, 4.69) is 34.7 Å². The van der Waals surface area contributed by atoms with E-state index in [0.717, 1.165) is 39.1 Å². The molecule has 1 aliphatic heterocycles. The van der Waals surface area contributed by atoms with Gasteiger partial charge in [0.1, 0.15) is 0 Å². The van der Waals surface area contributed by atoms with Crippen molar-refractivity contribution in [1.29, 1.82) is 0 Å². The number of hydrogen-bond donors (Lipinski definition) is 5. The molecule has 0 spiro atoms. The fourth-order valence-electron chi connectivity index (χ4n) is 7.43. The number of hydrogen-bond acceptors (Lipinski definition) is 6. The summed E-state index contributed by atoms with van der Waals surface area (Å²) >= 11 is 0. The quantitative estimate of drug-likeness (QED) is 0.0418. The number of aliphatic hydroxyl groups is 2. The van der Waals surface area contributed by atoms with Gasteiger partial charge in [0, 0.05) is 45.3 Å². The van der Waals surface area contributed by atoms with Crippen LogP contribution in [0.1, 0.15) is 200 Å². The van der Waals surface area contributed by atoms with Crippen LogP contribution in [0.2, 0.25) is 0 Å². The van der Waals surface area contributed by atoms with Gasteiger partial charge in [-0.25, -0.2) is 0 Å². The number of nitrogens with zero attached hydrogens (tertiary/aromatic N) is 1. The third-order valence-corrected chi connectivity index (χ3v) is 10.6. The predicted octanol–water partition coefficient (Wildman–Crippen LogP) is 9.51. The molecule has 48 heavy (non-hydrogen) atoms. The van der Waals surface area contributed by atoms with Crippen molar-refractivity contribution in [3.63, 3.8) is 0 Å². The molecule has 1 aliphatic rings. The lowest BCUT2D eigenvalue weighted by atomic mass is 10.0. The molecule has 0 amide bonds. The van der Waals surface area contributed by atoms with E-state index in [1.54, 1.807) is 0 Å². The molecule has 0 saturated carbocycles. The van der Waals surface area contributed by atoms with E-state index in [0.29, 0.717) is 19.6 Å². The van der Waals surface area contributed by atoms with Crippen molar-refractivity contribution in [2.45, 2.75) is 218 Å². The topological polar surface area (TPSA) is 79.8 Å². The second-order valence-electron chi connectivity index (χ2n) is 15.5. The van der Waals surface area contributed by atoms with Crippen LogP contribution in [0.4, 0.5) is 0 Å². The van der Waals surface area contributed by atoms with Crippen LogP contribution in [-0.2, 0) is 0 Å². The first-order valence-electron chi connectivity index (χ1n) is 21.9. The number of nitrogens with one attached hydrogen (secondary N) is 3. The molecule has 1 rings (SSSR count). The fourth-order valence-corrected chi connectivity index (χ4v) is 7.43. The molecule has 0 bridgehead atoms. The summed E-state index contributed by atoms with van der Waals surface area (Å²) in [5.74, 6) is 0. The minimum absolute atomic E-state index is 0.289. The zero-order chi connectivity index (χ0) is 34.6. The highest BCUT2D eigenvalue weighted by Gasteiger charge is 2.26. The highest BCUT2D eigenvalue weighted by Crippen LogP contribution is 2.15. The van der Waals surface area contributed by atoms with Crippen molar-refractivity contribution >= 4 is 0 Å². The molecule has 0 aromatic carbocycles. The Balaban J connectivity index is 1.94. The lowest BCUT2D eigenvalue weighted by Crippen LogP contribution is -2.55. The van der Waals surface area contributed by atoms with E-state index in [1.165, 1.54) is 180 Å². The summed E-state index contributed by atoms with van der Waals surface area (Å²) in [6.45, 7) is 11.4. The van der Waals surface area contributed by atoms with Gasteiger partial charge in [0.2, 0.25) is 0 Å². The summed E-state index contributed by atoms with van der Waals surface area (Å²) in [7, 11) is 0. The molecule has 0 aromatic heterocycles. The van der Waals surface area contributed by atoms with Gasteiger partial charge in [-0.2, -0.15) is 0 Å². The summed E-state index contributed by atoms with van der Waals surface area (Å²) in [6.07, 6.45) is 38.9. The monoisotopic (exact) mass is 681 g/mol. The molecule has 0 aromatic rings. The lowest BCUT2D eigenvalue weighted by molar-refractivity contribution is 0.0466. The van der Waals surface area contributed by atoms with Gasteiger partial charge >= 0.3 is 0 Å². The predicted molar refractivity (Wildman–Crippen MR) is 211 cm³/mol. The molecule has 0 radical (unpaired) electrons. The highest BCUT2D eigenvalue weighted by molar-refractivity contribution is 4.84. The Bertz CT molecular complexity index is 572. The van der Waals surface area contributed by atoms with E-state index >= 15 is 0 Å². The molecule has 3 atom stereocenters. The first-order chi connectivity index (χ1) is 23.7. The Hall–Kier alpha value is -0.240. The summed E-state index contributed by atoms with van der Waals surface area (Å²) in [5.41, 5.74) is 0. The fraction of sp³-hybridized carbons (Fsp3) is 1.00. The Kier molecular flexibility index (Phi) is 34.9. The smallest absolute Gasteiger partial charge is 0.0791 e. The van der Waals surface area contributed by atoms with Crippen LogP contribution in [0.3, 0.4) is 0 Å². The van der Waals surface area contributed by atoms with Gasteiger partial charge in [-0.3, -0.25) is 4.90 Å². The van der Waals surface area contributed by atoms with Crippen LogP contribution < -0.4 is 16.0 Å². The van der Waals surface area contributed by atoms with Crippen LogP contribution >= 0.6 is 0 Å². The minimum atomic E-state index is -0.354. The number of β-amino-alcohol motifs (C(OH)–C–C–N with tert-alkyl or cyclic N) is 1. The number of piperazine rings is 1. The van der Waals surface area contributed by atoms with Gasteiger partial charge in [-0.05, 0) is 32.4 Å². The van der Waals surface area contributed by atoms with Crippen molar-refractivity contribution in [2.75, 3.05) is 52.4 Å². The molecular weight excluding hydrogens is 592 g/mol. The number of aliphatic hydroxyl groups excluding tert-OH is 2. The number of unbranched alkanes of at least 4 members (excludes halogenated alkanes) is 26. The lowest BCUT2D eigenvalue weighted by Gasteiger charge is -2.38. The molecule has 1 fully saturated rings. The third-order valence-electron chi connectivity index (χ3n) is 10.6. The second-order valence-corrected chi connectivity index (χ2v) is 15.5. The first kappa shape index (κ1) is 45.8. The Labute approximate surface area is 301 Å². The van der Waals surface area contributed by atoms with Crippen molar-refractivity contribution < 1.29 is 10.2 Å². The van der Waals surface area contributed by atoms with Crippen molar-refractivity contribution in [3.8, 4) is 0 Å². The number of rotatable bonds is 38. The molecule has 0 aliphatic carbocycles. The normalized spacial score (nSPS) is 16.9. The molecule has 6 heteroatoms. The standard InChI is InChI=1S/C42H88N4O2/c1-3-5-7-9-11-13-15-17-19-21-23-25-27-29-31-43-37-41(47)35-40-36-45-33-34-46(40)39-42(48)38-44-32-30-28-26-24-22-20-18-16-14-12-10-8-6-4-2/h40-45,47-48H,3-39H2,1-2H3. The van der Waals surface area contributed by atoms with E-state index in [9.17, 15) is 10.2 Å². The maximum atomic E-state index is 10.7. The van der Waals surface area contributed by atoms with Gasteiger partial charge in [-0.15, -0.1) is 0 Å². The van der Waals surface area contributed by atoms with Crippen LogP contribution in [0, 0.1) is 0 Å². The average molecular weight is 681 g/mol. The van der Waals surface area contributed by atoms with Gasteiger partial charge in [0.25, 0.3) is 0 Å². The van der Waals surface area contributed by atoms with Crippen LogP contribution in [0.25, 0.3) is 0 Å². The third kappa shape index (κ3) is 30.6. The maximum Gasteiger partial charge on any atom is 0.0791 e. The summed E-state index contributed by atoms with van der Waals surface area (Å²) in [5, 5.41) is 32.0. The maximum absolute atomic E-state index is 10.7. The molecule has 3 unspecified atom stereocenters. The van der Waals surface area contributed by atoms with E-state index in [1.807, 2.05) is 0 Å². The Morgan fingerprint density at radius 3 is 1.27 bits per heavy atom. The largest absolute Gasteiger partial charge is 0.392 e. The SMILES string of the molecule is CCCCCCCCCCCCCCCCNCC(O)CC1CNCCN1CC(O)CNCCCCCCCCCCCCCCCC. The Morgan fingerprint density at radius 1 is 0.521 bits per heavy atom. The van der Waals surface area contributed by atoms with Crippen molar-refractivity contribution in [2.24, 2.45) is 0 Å². The summed E-state index contributed by atoms with van der Waals surface area (Å²) < 4.78 is 0. The highest BCUT2D eigenvalue weighted by atomic mass is 16.3.